The van der Waals surface area contributed by atoms with Gasteiger partial charge < -0.3 is 9.52 Å². The van der Waals surface area contributed by atoms with Crippen molar-refractivity contribution >= 4 is 63.5 Å². The van der Waals surface area contributed by atoms with Crippen LogP contribution in [0.2, 0.25) is 5.02 Å². The van der Waals surface area contributed by atoms with E-state index in [1.54, 1.807) is 42.5 Å². The van der Waals surface area contributed by atoms with Crippen molar-refractivity contribution in [3.8, 4) is 11.3 Å². The molecular weight excluding hydrogens is 488 g/mol. The number of carbonyl (C=O) groups excluding carboxylic acids is 1. The Balaban J connectivity index is 1.62. The number of nitro groups is 1. The van der Waals surface area contributed by atoms with Gasteiger partial charge in [-0.25, -0.2) is 4.79 Å². The Morgan fingerprint density at radius 1 is 1.21 bits per heavy atom. The van der Waals surface area contributed by atoms with Gasteiger partial charge in [0.25, 0.3) is 11.6 Å². The van der Waals surface area contributed by atoms with Gasteiger partial charge in [-0.2, -0.15) is 0 Å². The zero-order valence-corrected chi connectivity index (χ0v) is 18.9. The van der Waals surface area contributed by atoms with Crippen LogP contribution >= 0.6 is 35.6 Å². The molecule has 0 spiro atoms. The first-order valence-corrected chi connectivity index (χ1v) is 11.0. The number of thioether (sulfide) groups is 1. The molecule has 1 aliphatic heterocycles. The van der Waals surface area contributed by atoms with Gasteiger partial charge in [-0.05, 0) is 23.8 Å². The second-order valence-electron chi connectivity index (χ2n) is 6.83. The number of benzene rings is 2. The van der Waals surface area contributed by atoms with Gasteiger partial charge in [-0.15, -0.1) is 0 Å². The highest BCUT2D eigenvalue weighted by atomic mass is 35.5. The number of carbonyl (C=O) groups is 2. The largest absolute Gasteiger partial charge is 0.479 e. The lowest BCUT2D eigenvalue weighted by Crippen LogP contribution is -2.37. The van der Waals surface area contributed by atoms with Crippen molar-refractivity contribution in [3.63, 3.8) is 0 Å². The summed E-state index contributed by atoms with van der Waals surface area (Å²) < 4.78 is 5.87. The molecule has 33 heavy (non-hydrogen) atoms. The lowest BCUT2D eigenvalue weighted by Gasteiger charge is -2.23. The minimum atomic E-state index is -1.25. The van der Waals surface area contributed by atoms with E-state index in [4.69, 9.17) is 28.2 Å². The Morgan fingerprint density at radius 2 is 1.94 bits per heavy atom. The number of nitro benzene ring substituents is 1. The smallest absolute Gasteiger partial charge is 0.331 e. The molecule has 1 saturated heterocycles. The maximum Gasteiger partial charge on any atom is 0.331 e. The van der Waals surface area contributed by atoms with E-state index in [-0.39, 0.29) is 19.9 Å². The molecule has 3 aromatic rings. The third-order valence-corrected chi connectivity index (χ3v) is 6.40. The molecule has 1 aliphatic rings. The molecule has 1 fully saturated rings. The lowest BCUT2D eigenvalue weighted by molar-refractivity contribution is -0.384. The molecule has 0 radical (unpaired) electrons. The van der Waals surface area contributed by atoms with Crippen LogP contribution in [-0.2, 0) is 9.59 Å². The first-order valence-electron chi connectivity index (χ1n) is 9.35. The first-order chi connectivity index (χ1) is 15.8. The Kier molecular flexibility index (Phi) is 6.32. The molecule has 1 atom stereocenters. The third-order valence-electron chi connectivity index (χ3n) is 4.76. The molecule has 11 heteroatoms. The summed E-state index contributed by atoms with van der Waals surface area (Å²) in [6, 6.07) is 14.3. The molecule has 8 nitrogen and oxygen atoms in total. The van der Waals surface area contributed by atoms with Crippen LogP contribution in [0.5, 0.6) is 0 Å². The standard InChI is InChI=1S/C22H13ClN2O6S2/c23-16-10-13(25(29)30)6-8-15(16)17-9-7-14(31-17)11-18-20(26)24(22(32)33-18)19(21(27)28)12-4-2-1-3-5-12/h1-11,19H,(H,27,28). The third kappa shape index (κ3) is 4.54. The zero-order valence-electron chi connectivity index (χ0n) is 16.5. The molecule has 166 valence electrons. The number of hydrogen-bond acceptors (Lipinski definition) is 7. The van der Waals surface area contributed by atoms with Gasteiger partial charge in [-0.1, -0.05) is 65.9 Å². The topological polar surface area (TPSA) is 114 Å². The van der Waals surface area contributed by atoms with Gasteiger partial charge in [0, 0.05) is 23.8 Å². The highest BCUT2D eigenvalue weighted by Crippen LogP contribution is 2.39. The maximum absolute atomic E-state index is 13.0. The van der Waals surface area contributed by atoms with Gasteiger partial charge in [0.05, 0.1) is 14.9 Å². The second-order valence-corrected chi connectivity index (χ2v) is 8.91. The summed E-state index contributed by atoms with van der Waals surface area (Å²) in [5.41, 5.74) is 0.728. The van der Waals surface area contributed by atoms with Crippen LogP contribution in [0.3, 0.4) is 0 Å². The van der Waals surface area contributed by atoms with Crippen molar-refractivity contribution in [3.05, 3.63) is 92.0 Å². The SMILES string of the molecule is O=C(O)C(c1ccccc1)N1C(=O)C(=Cc2ccc(-c3ccc([N+](=O)[O-])cc3Cl)o2)SC1=S. The molecule has 0 saturated carbocycles. The summed E-state index contributed by atoms with van der Waals surface area (Å²) in [5, 5.41) is 20.8. The van der Waals surface area contributed by atoms with Gasteiger partial charge in [0.1, 0.15) is 15.8 Å². The van der Waals surface area contributed by atoms with Crippen LogP contribution in [0.25, 0.3) is 17.4 Å². The van der Waals surface area contributed by atoms with E-state index in [1.165, 1.54) is 24.3 Å². The molecule has 0 aliphatic carbocycles. The fraction of sp³-hybridized carbons (Fsp3) is 0.0455. The molecule has 1 aromatic heterocycles. The minimum Gasteiger partial charge on any atom is -0.479 e. The number of thiocarbonyl (C=S) groups is 1. The summed E-state index contributed by atoms with van der Waals surface area (Å²) in [6.45, 7) is 0. The van der Waals surface area contributed by atoms with Crippen molar-refractivity contribution in [2.75, 3.05) is 0 Å². The quantitative estimate of drug-likeness (QED) is 0.203. The van der Waals surface area contributed by atoms with Crippen molar-refractivity contribution in [1.29, 1.82) is 0 Å². The normalized spacial score (nSPS) is 15.8. The zero-order chi connectivity index (χ0) is 23.7. The van der Waals surface area contributed by atoms with E-state index in [2.05, 4.69) is 0 Å². The number of nitrogens with zero attached hydrogens (tertiary/aromatic N) is 2. The number of aliphatic carboxylic acids is 1. The van der Waals surface area contributed by atoms with Crippen molar-refractivity contribution in [1.82, 2.24) is 4.90 Å². The number of halogens is 1. The van der Waals surface area contributed by atoms with E-state index >= 15 is 0 Å². The monoisotopic (exact) mass is 500 g/mol. The van der Waals surface area contributed by atoms with Crippen molar-refractivity contribution in [2.45, 2.75) is 6.04 Å². The van der Waals surface area contributed by atoms with E-state index < -0.39 is 22.8 Å². The molecule has 0 bridgehead atoms. The molecule has 1 unspecified atom stereocenters. The average Bonchev–Trinajstić information content (AvgIpc) is 3.34. The van der Waals surface area contributed by atoms with E-state index in [9.17, 15) is 24.8 Å². The molecule has 4 rings (SSSR count). The Morgan fingerprint density at radius 3 is 2.58 bits per heavy atom. The Hall–Kier alpha value is -3.47. The summed E-state index contributed by atoms with van der Waals surface area (Å²) in [6.07, 6.45) is 1.46. The minimum absolute atomic E-state index is 0.118. The predicted octanol–water partition coefficient (Wildman–Crippen LogP) is 5.54. The van der Waals surface area contributed by atoms with E-state index in [1.807, 2.05) is 0 Å². The van der Waals surface area contributed by atoms with Crippen LogP contribution in [0.15, 0.2) is 70.0 Å². The summed E-state index contributed by atoms with van der Waals surface area (Å²) in [5.74, 6) is -1.09. The highest BCUT2D eigenvalue weighted by Gasteiger charge is 2.41. The van der Waals surface area contributed by atoms with Crippen LogP contribution in [0.4, 0.5) is 5.69 Å². The number of rotatable bonds is 6. The molecule has 2 aromatic carbocycles. The predicted molar refractivity (Wildman–Crippen MR) is 128 cm³/mol. The second kappa shape index (κ2) is 9.18. The van der Waals surface area contributed by atoms with Gasteiger partial charge in [-0.3, -0.25) is 19.8 Å². The molecule has 2 heterocycles. The number of furan rings is 1. The summed E-state index contributed by atoms with van der Waals surface area (Å²) in [7, 11) is 0. The van der Waals surface area contributed by atoms with Gasteiger partial charge in [0.15, 0.2) is 6.04 Å². The number of amides is 1. The molecule has 1 amide bonds. The van der Waals surface area contributed by atoms with E-state index in [0.717, 1.165) is 16.7 Å². The first kappa shape index (κ1) is 22.7. The van der Waals surface area contributed by atoms with Crippen molar-refractivity contribution < 1.29 is 24.0 Å². The van der Waals surface area contributed by atoms with Crippen LogP contribution < -0.4 is 0 Å². The fourth-order valence-electron chi connectivity index (χ4n) is 3.26. The maximum atomic E-state index is 13.0. The number of carboxylic acids is 1. The lowest BCUT2D eigenvalue weighted by atomic mass is 10.1. The van der Waals surface area contributed by atoms with Crippen molar-refractivity contribution in [2.24, 2.45) is 0 Å². The highest BCUT2D eigenvalue weighted by molar-refractivity contribution is 8.26. The van der Waals surface area contributed by atoms with E-state index in [0.29, 0.717) is 22.6 Å². The number of hydrogen-bond donors (Lipinski definition) is 1. The summed E-state index contributed by atoms with van der Waals surface area (Å²) >= 11 is 12.4. The van der Waals surface area contributed by atoms with Gasteiger partial charge in [0.2, 0.25) is 0 Å². The van der Waals surface area contributed by atoms with Crippen LogP contribution in [0.1, 0.15) is 17.4 Å². The summed E-state index contributed by atoms with van der Waals surface area (Å²) in [4.78, 5) is 36.6. The van der Waals surface area contributed by atoms with Gasteiger partial charge >= 0.3 is 5.97 Å². The number of non-ortho nitro benzene ring substituents is 1. The average molecular weight is 501 g/mol. The van der Waals surface area contributed by atoms with Crippen LogP contribution in [0, 0.1) is 10.1 Å². The molecule has 1 N–H and O–H groups in total. The Bertz CT molecular complexity index is 1320. The fourth-order valence-corrected chi connectivity index (χ4v) is 4.82. The Labute approximate surface area is 201 Å². The number of carboxylic acid groups (broad SMARTS) is 1. The molecular formula is C22H13ClN2O6S2. The van der Waals surface area contributed by atoms with Crippen LogP contribution in [-0.4, -0.2) is 31.1 Å².